The second-order valence-electron chi connectivity index (χ2n) is 7.91. The van der Waals surface area contributed by atoms with E-state index in [0.29, 0.717) is 31.4 Å². The standard InChI is InChI=1S/C24H25N5O3/c1-17-25-26-24(32-17)19-4-3-18-9-10-29(22(18)15-19)16-23(30)28-13-11-27(12-14-28)20-5-7-21(31-2)8-6-20/h3-10,15H,11-14,16H2,1-2H3. The lowest BCUT2D eigenvalue weighted by Gasteiger charge is -2.36. The first-order valence-corrected chi connectivity index (χ1v) is 10.7. The van der Waals surface area contributed by atoms with Gasteiger partial charge in [-0.25, -0.2) is 0 Å². The van der Waals surface area contributed by atoms with E-state index >= 15 is 0 Å². The molecule has 0 saturated carbocycles. The fourth-order valence-corrected chi connectivity index (χ4v) is 4.12. The van der Waals surface area contributed by atoms with Crippen molar-refractivity contribution in [2.24, 2.45) is 0 Å². The Morgan fingerprint density at radius 2 is 1.81 bits per heavy atom. The molecule has 1 aliphatic heterocycles. The molecule has 0 bridgehead atoms. The summed E-state index contributed by atoms with van der Waals surface area (Å²) in [5.74, 6) is 1.98. The summed E-state index contributed by atoms with van der Waals surface area (Å²) < 4.78 is 12.8. The van der Waals surface area contributed by atoms with Gasteiger partial charge in [-0.15, -0.1) is 10.2 Å². The minimum Gasteiger partial charge on any atom is -0.497 e. The minimum absolute atomic E-state index is 0.121. The van der Waals surface area contributed by atoms with Crippen molar-refractivity contribution in [3.8, 4) is 17.2 Å². The van der Waals surface area contributed by atoms with E-state index in [1.54, 1.807) is 14.0 Å². The van der Waals surface area contributed by atoms with E-state index in [1.165, 1.54) is 0 Å². The van der Waals surface area contributed by atoms with Crippen LogP contribution in [0.25, 0.3) is 22.4 Å². The first kappa shape index (κ1) is 20.1. The summed E-state index contributed by atoms with van der Waals surface area (Å²) in [7, 11) is 1.67. The van der Waals surface area contributed by atoms with Gasteiger partial charge in [0.2, 0.25) is 17.7 Å². The molecule has 1 amide bonds. The molecule has 2 aromatic heterocycles. The largest absolute Gasteiger partial charge is 0.497 e. The quantitative estimate of drug-likeness (QED) is 0.482. The highest BCUT2D eigenvalue weighted by Crippen LogP contribution is 2.25. The van der Waals surface area contributed by atoms with E-state index in [0.717, 1.165) is 41.0 Å². The highest BCUT2D eigenvalue weighted by molar-refractivity contribution is 5.86. The normalized spacial score (nSPS) is 14.2. The highest BCUT2D eigenvalue weighted by atomic mass is 16.5. The lowest BCUT2D eigenvalue weighted by atomic mass is 10.1. The zero-order valence-corrected chi connectivity index (χ0v) is 18.2. The third kappa shape index (κ3) is 3.91. The van der Waals surface area contributed by atoms with Gasteiger partial charge in [-0.1, -0.05) is 6.07 Å². The van der Waals surface area contributed by atoms with Crippen molar-refractivity contribution < 1.29 is 13.9 Å². The average molecular weight is 431 g/mol. The predicted molar refractivity (Wildman–Crippen MR) is 122 cm³/mol. The molecule has 8 heteroatoms. The molecule has 164 valence electrons. The number of anilines is 1. The topological polar surface area (TPSA) is 76.6 Å². The number of aromatic nitrogens is 3. The fourth-order valence-electron chi connectivity index (χ4n) is 4.12. The van der Waals surface area contributed by atoms with Crippen molar-refractivity contribution in [2.45, 2.75) is 13.5 Å². The van der Waals surface area contributed by atoms with Crippen LogP contribution in [-0.4, -0.2) is 58.9 Å². The van der Waals surface area contributed by atoms with Gasteiger partial charge in [-0.3, -0.25) is 4.79 Å². The zero-order valence-electron chi connectivity index (χ0n) is 18.2. The lowest BCUT2D eigenvalue weighted by Crippen LogP contribution is -2.49. The second kappa shape index (κ2) is 8.37. The third-order valence-corrected chi connectivity index (χ3v) is 5.92. The molecule has 5 rings (SSSR count). The number of ether oxygens (including phenoxy) is 1. The van der Waals surface area contributed by atoms with Crippen LogP contribution in [0.5, 0.6) is 5.75 Å². The van der Waals surface area contributed by atoms with E-state index in [9.17, 15) is 4.79 Å². The maximum atomic E-state index is 13.0. The molecule has 0 spiro atoms. The molecule has 3 heterocycles. The maximum absolute atomic E-state index is 13.0. The summed E-state index contributed by atoms with van der Waals surface area (Å²) in [5, 5.41) is 9.08. The Bertz CT molecular complexity index is 1240. The Labute approximate surface area is 186 Å². The number of aryl methyl sites for hydroxylation is 1. The first-order valence-electron chi connectivity index (χ1n) is 10.7. The molecular formula is C24H25N5O3. The molecule has 0 radical (unpaired) electrons. The van der Waals surface area contributed by atoms with Crippen molar-refractivity contribution in [2.75, 3.05) is 38.2 Å². The molecule has 8 nitrogen and oxygen atoms in total. The number of rotatable bonds is 5. The van der Waals surface area contributed by atoms with Gasteiger partial charge in [0, 0.05) is 56.1 Å². The van der Waals surface area contributed by atoms with E-state index in [-0.39, 0.29) is 5.91 Å². The smallest absolute Gasteiger partial charge is 0.247 e. The molecular weight excluding hydrogens is 406 g/mol. The Kier molecular flexibility index (Phi) is 5.26. The van der Waals surface area contributed by atoms with Gasteiger partial charge in [0.05, 0.1) is 7.11 Å². The van der Waals surface area contributed by atoms with Gasteiger partial charge in [-0.05, 0) is 47.9 Å². The Morgan fingerprint density at radius 1 is 1.03 bits per heavy atom. The number of carbonyl (C=O) groups is 1. The maximum Gasteiger partial charge on any atom is 0.247 e. The average Bonchev–Trinajstić information content (AvgIpc) is 3.45. The predicted octanol–water partition coefficient (Wildman–Crippen LogP) is 3.36. The van der Waals surface area contributed by atoms with E-state index in [1.807, 2.05) is 52.1 Å². The van der Waals surface area contributed by atoms with Gasteiger partial charge in [0.15, 0.2) is 0 Å². The molecule has 32 heavy (non-hydrogen) atoms. The number of fused-ring (bicyclic) bond motifs is 1. The van der Waals surface area contributed by atoms with Gasteiger partial charge >= 0.3 is 0 Å². The van der Waals surface area contributed by atoms with Crippen LogP contribution in [0.4, 0.5) is 5.69 Å². The number of hydrogen-bond donors (Lipinski definition) is 0. The molecule has 0 atom stereocenters. The van der Waals surface area contributed by atoms with E-state index < -0.39 is 0 Å². The van der Waals surface area contributed by atoms with Crippen LogP contribution in [0.1, 0.15) is 5.89 Å². The molecule has 1 fully saturated rings. The van der Waals surface area contributed by atoms with Crippen molar-refractivity contribution >= 4 is 22.5 Å². The van der Waals surface area contributed by atoms with Crippen LogP contribution >= 0.6 is 0 Å². The molecule has 2 aromatic carbocycles. The monoisotopic (exact) mass is 431 g/mol. The molecule has 0 unspecified atom stereocenters. The van der Waals surface area contributed by atoms with Crippen LogP contribution in [0.3, 0.4) is 0 Å². The van der Waals surface area contributed by atoms with Crippen LogP contribution in [0.2, 0.25) is 0 Å². The second-order valence-corrected chi connectivity index (χ2v) is 7.91. The van der Waals surface area contributed by atoms with Crippen LogP contribution in [0.15, 0.2) is 59.1 Å². The molecule has 0 N–H and O–H groups in total. The lowest BCUT2D eigenvalue weighted by molar-refractivity contribution is -0.132. The number of carbonyl (C=O) groups excluding carboxylic acids is 1. The highest BCUT2D eigenvalue weighted by Gasteiger charge is 2.22. The van der Waals surface area contributed by atoms with Crippen LogP contribution in [-0.2, 0) is 11.3 Å². The van der Waals surface area contributed by atoms with Crippen molar-refractivity contribution in [3.63, 3.8) is 0 Å². The van der Waals surface area contributed by atoms with Crippen molar-refractivity contribution in [1.29, 1.82) is 0 Å². The van der Waals surface area contributed by atoms with Gasteiger partial charge in [0.25, 0.3) is 0 Å². The molecule has 1 aliphatic rings. The molecule has 4 aromatic rings. The summed E-state index contributed by atoms with van der Waals surface area (Å²) in [6, 6.07) is 16.0. The SMILES string of the molecule is COc1ccc(N2CCN(C(=O)Cn3ccc4ccc(-c5nnc(C)o5)cc43)CC2)cc1. The number of amides is 1. The summed E-state index contributed by atoms with van der Waals surface area (Å²) >= 11 is 0. The molecule has 0 aliphatic carbocycles. The van der Waals surface area contributed by atoms with Gasteiger partial charge in [0.1, 0.15) is 12.3 Å². The van der Waals surface area contributed by atoms with E-state index in [4.69, 9.17) is 9.15 Å². The van der Waals surface area contributed by atoms with Gasteiger partial charge in [-0.2, -0.15) is 0 Å². The Balaban J connectivity index is 1.26. The number of nitrogens with zero attached hydrogens (tertiary/aromatic N) is 5. The summed E-state index contributed by atoms with van der Waals surface area (Å²) in [4.78, 5) is 17.3. The van der Waals surface area contributed by atoms with Crippen LogP contribution in [0, 0.1) is 6.92 Å². The molecule has 1 saturated heterocycles. The zero-order chi connectivity index (χ0) is 22.1. The van der Waals surface area contributed by atoms with Crippen molar-refractivity contribution in [3.05, 3.63) is 60.6 Å². The minimum atomic E-state index is 0.121. The third-order valence-electron chi connectivity index (χ3n) is 5.92. The van der Waals surface area contributed by atoms with Gasteiger partial charge < -0.3 is 23.5 Å². The summed E-state index contributed by atoms with van der Waals surface area (Å²) in [6.45, 7) is 5.10. The fraction of sp³-hybridized carbons (Fsp3) is 0.292. The number of methoxy groups -OCH3 is 1. The van der Waals surface area contributed by atoms with E-state index in [2.05, 4.69) is 27.2 Å². The number of piperazine rings is 1. The Hall–Kier alpha value is -3.81. The summed E-state index contributed by atoms with van der Waals surface area (Å²) in [5.41, 5.74) is 2.97. The first-order chi connectivity index (χ1) is 15.6. The number of hydrogen-bond acceptors (Lipinski definition) is 6. The number of benzene rings is 2. The van der Waals surface area contributed by atoms with Crippen molar-refractivity contribution in [1.82, 2.24) is 19.7 Å². The Morgan fingerprint density at radius 3 is 2.50 bits per heavy atom. The van der Waals surface area contributed by atoms with Crippen LogP contribution < -0.4 is 9.64 Å². The summed E-state index contributed by atoms with van der Waals surface area (Å²) in [6.07, 6.45) is 1.96.